The van der Waals surface area contributed by atoms with Crippen LogP contribution in [0.15, 0.2) is 97.1 Å². The third-order valence-electron chi connectivity index (χ3n) is 7.38. The van der Waals surface area contributed by atoms with Gasteiger partial charge in [0.15, 0.2) is 0 Å². The summed E-state index contributed by atoms with van der Waals surface area (Å²) >= 11 is 0. The Labute approximate surface area is 229 Å². The molecule has 0 saturated carbocycles. The predicted molar refractivity (Wildman–Crippen MR) is 173 cm³/mol. The first kappa shape index (κ1) is 27.4. The van der Waals surface area contributed by atoms with E-state index >= 15 is 0 Å². The lowest BCUT2D eigenvalue weighted by molar-refractivity contribution is 0.667. The van der Waals surface area contributed by atoms with Crippen molar-refractivity contribution in [3.05, 3.63) is 108 Å². The Balaban J connectivity index is 0.000000443. The zero-order valence-electron chi connectivity index (χ0n) is 24.4. The highest BCUT2D eigenvalue weighted by Crippen LogP contribution is 2.54. The fraction of sp³-hybridized carbons (Fsp3) is 0.263. The summed E-state index contributed by atoms with van der Waals surface area (Å²) in [7, 11) is 0. The molecule has 38 heavy (non-hydrogen) atoms. The molecule has 0 radical (unpaired) electrons. The van der Waals surface area contributed by atoms with Crippen LogP contribution in [-0.4, -0.2) is 0 Å². The molecule has 0 aliphatic heterocycles. The van der Waals surface area contributed by atoms with Crippen LogP contribution in [0.5, 0.6) is 0 Å². The lowest BCUT2D eigenvalue weighted by Crippen LogP contribution is -2.15. The van der Waals surface area contributed by atoms with Gasteiger partial charge in [-0.15, -0.1) is 0 Å². The Hall–Kier alpha value is -3.64. The van der Waals surface area contributed by atoms with Crippen LogP contribution >= 0.6 is 0 Å². The number of hydrogen-bond acceptors (Lipinski definition) is 0. The Kier molecular flexibility index (Phi) is 8.22. The van der Waals surface area contributed by atoms with Gasteiger partial charge in [0.1, 0.15) is 0 Å². The molecule has 0 saturated heterocycles. The van der Waals surface area contributed by atoms with Gasteiger partial charge in [-0.3, -0.25) is 0 Å². The van der Waals surface area contributed by atoms with Gasteiger partial charge in [0.2, 0.25) is 0 Å². The van der Waals surface area contributed by atoms with Gasteiger partial charge in [0.25, 0.3) is 0 Å². The molecular formula is C38H42. The molecule has 0 nitrogen and oxygen atoms in total. The van der Waals surface area contributed by atoms with Gasteiger partial charge in [-0.25, -0.2) is 0 Å². The van der Waals surface area contributed by atoms with E-state index in [2.05, 4.69) is 125 Å². The van der Waals surface area contributed by atoms with Gasteiger partial charge < -0.3 is 0 Å². The van der Waals surface area contributed by atoms with Gasteiger partial charge in [-0.1, -0.05) is 147 Å². The molecule has 0 unspecified atom stereocenters. The first-order chi connectivity index (χ1) is 18.5. The van der Waals surface area contributed by atoms with Crippen LogP contribution in [-0.2, 0) is 5.41 Å². The summed E-state index contributed by atoms with van der Waals surface area (Å²) in [6.45, 7) is 17.0. The van der Waals surface area contributed by atoms with Gasteiger partial charge in [0.05, 0.1) is 0 Å². The summed E-state index contributed by atoms with van der Waals surface area (Å²) in [5.41, 5.74) is 5.67. The van der Waals surface area contributed by atoms with E-state index in [1.54, 1.807) is 0 Å². The summed E-state index contributed by atoms with van der Waals surface area (Å²) < 4.78 is 0. The molecule has 0 atom stereocenters. The first-order valence-electron chi connectivity index (χ1n) is 14.5. The van der Waals surface area contributed by atoms with Crippen LogP contribution in [0.4, 0.5) is 0 Å². The van der Waals surface area contributed by atoms with Crippen LogP contribution in [0.1, 0.15) is 72.9 Å². The lowest BCUT2D eigenvalue weighted by atomic mass is 9.79. The molecule has 0 spiro atoms. The van der Waals surface area contributed by atoms with E-state index in [9.17, 15) is 0 Å². The van der Waals surface area contributed by atoms with Crippen molar-refractivity contribution in [2.75, 3.05) is 0 Å². The van der Waals surface area contributed by atoms with Crippen molar-refractivity contribution in [2.24, 2.45) is 0 Å². The molecule has 0 N–H and O–H groups in total. The van der Waals surface area contributed by atoms with Gasteiger partial charge in [0, 0.05) is 5.41 Å². The molecule has 6 aromatic rings. The van der Waals surface area contributed by atoms with Crippen molar-refractivity contribution in [1.82, 2.24) is 0 Å². The molecular weight excluding hydrogens is 456 g/mol. The fourth-order valence-electron chi connectivity index (χ4n) is 5.93. The van der Waals surface area contributed by atoms with Gasteiger partial charge in [-0.05, 0) is 77.5 Å². The van der Waals surface area contributed by atoms with Gasteiger partial charge >= 0.3 is 0 Å². The van der Waals surface area contributed by atoms with Crippen LogP contribution in [0.2, 0.25) is 0 Å². The molecule has 0 amide bonds. The van der Waals surface area contributed by atoms with E-state index in [1.165, 1.54) is 71.8 Å². The maximum atomic E-state index is 2.40. The molecule has 0 fully saturated rings. The Morgan fingerprint density at radius 3 is 1.74 bits per heavy atom. The molecule has 0 heteroatoms. The lowest BCUT2D eigenvalue weighted by Gasteiger charge is -2.23. The zero-order chi connectivity index (χ0) is 27.4. The van der Waals surface area contributed by atoms with E-state index in [4.69, 9.17) is 0 Å². The summed E-state index contributed by atoms with van der Waals surface area (Å²) in [5.74, 6) is 0. The van der Waals surface area contributed by atoms with Gasteiger partial charge in [-0.2, -0.15) is 0 Å². The second-order valence-corrected chi connectivity index (χ2v) is 10.1. The van der Waals surface area contributed by atoms with Crippen LogP contribution < -0.4 is 0 Å². The monoisotopic (exact) mass is 498 g/mol. The zero-order valence-corrected chi connectivity index (χ0v) is 24.4. The SMILES string of the molecule is CC.CC.CC1(C)c2ccc3c(ccc4ccccc43)c2-c2ccc3cc4ccccc4cc3c21.CCC. The first-order valence-corrected chi connectivity index (χ1v) is 14.5. The minimum absolute atomic E-state index is 0.0352. The maximum Gasteiger partial charge on any atom is 0.0165 e. The topological polar surface area (TPSA) is 0 Å². The minimum atomic E-state index is -0.0352. The normalized spacial score (nSPS) is 12.5. The highest BCUT2D eigenvalue weighted by atomic mass is 14.4. The Bertz CT molecular complexity index is 1720. The highest BCUT2D eigenvalue weighted by Gasteiger charge is 2.37. The largest absolute Gasteiger partial charge is 0.0683 e. The fourth-order valence-corrected chi connectivity index (χ4v) is 5.93. The van der Waals surface area contributed by atoms with Crippen molar-refractivity contribution >= 4 is 43.1 Å². The van der Waals surface area contributed by atoms with Crippen molar-refractivity contribution < 1.29 is 0 Å². The van der Waals surface area contributed by atoms with Crippen molar-refractivity contribution in [2.45, 2.75) is 67.2 Å². The minimum Gasteiger partial charge on any atom is -0.0683 e. The predicted octanol–water partition coefficient (Wildman–Crippen LogP) is 12.1. The maximum absolute atomic E-state index is 2.40. The molecule has 0 heterocycles. The summed E-state index contributed by atoms with van der Waals surface area (Å²) in [4.78, 5) is 0. The van der Waals surface area contributed by atoms with Crippen molar-refractivity contribution in [3.8, 4) is 11.1 Å². The van der Waals surface area contributed by atoms with Crippen LogP contribution in [0.3, 0.4) is 0 Å². The quantitative estimate of drug-likeness (QED) is 0.144. The number of hydrogen-bond donors (Lipinski definition) is 0. The number of fused-ring (bicyclic) bond motifs is 10. The van der Waals surface area contributed by atoms with Crippen molar-refractivity contribution in [3.63, 3.8) is 0 Å². The van der Waals surface area contributed by atoms with Crippen LogP contribution in [0.25, 0.3) is 54.2 Å². The average molecular weight is 499 g/mol. The molecule has 1 aliphatic rings. The average Bonchev–Trinajstić information content (AvgIpc) is 3.21. The Morgan fingerprint density at radius 2 is 1.05 bits per heavy atom. The third-order valence-corrected chi connectivity index (χ3v) is 7.38. The molecule has 0 bridgehead atoms. The van der Waals surface area contributed by atoms with Crippen molar-refractivity contribution in [1.29, 1.82) is 0 Å². The second kappa shape index (κ2) is 11.4. The number of rotatable bonds is 0. The smallest absolute Gasteiger partial charge is 0.0165 e. The number of benzene rings is 6. The summed E-state index contributed by atoms with van der Waals surface area (Å²) in [5, 5.41) is 10.7. The highest BCUT2D eigenvalue weighted by molar-refractivity contribution is 6.15. The molecule has 6 aromatic carbocycles. The van der Waals surface area contributed by atoms with E-state index in [-0.39, 0.29) is 5.41 Å². The van der Waals surface area contributed by atoms with E-state index in [1.807, 2.05) is 27.7 Å². The standard InChI is InChI=1S/C31H22.C3H8.2C2H6/c1-31(2)28-16-15-24-23-10-6-5-7-19(23)11-13-25(24)29(28)26-14-12-22-17-20-8-3-4-9-21(20)18-27(22)30(26)31;1-3-2;2*1-2/h3-18H,1-2H3;3H2,1-2H3;2*1-2H3. The summed E-state index contributed by atoms with van der Waals surface area (Å²) in [6.07, 6.45) is 1.25. The molecule has 7 rings (SSSR count). The molecule has 1 aliphatic carbocycles. The molecule has 194 valence electrons. The second-order valence-electron chi connectivity index (χ2n) is 10.1. The van der Waals surface area contributed by atoms with E-state index < -0.39 is 0 Å². The Morgan fingerprint density at radius 1 is 0.500 bits per heavy atom. The van der Waals surface area contributed by atoms with E-state index in [0.717, 1.165) is 0 Å². The summed E-state index contributed by atoms with van der Waals surface area (Å²) in [6, 6.07) is 36.1. The third kappa shape index (κ3) is 4.37. The van der Waals surface area contributed by atoms with Crippen LogP contribution in [0, 0.1) is 0 Å². The molecule has 0 aromatic heterocycles. The van der Waals surface area contributed by atoms with E-state index in [0.29, 0.717) is 0 Å².